The van der Waals surface area contributed by atoms with Gasteiger partial charge in [0.15, 0.2) is 5.11 Å². The summed E-state index contributed by atoms with van der Waals surface area (Å²) < 4.78 is 6.02. The number of non-ortho nitro benzene ring substituents is 1. The molecule has 0 unspecified atom stereocenters. The van der Waals surface area contributed by atoms with Gasteiger partial charge >= 0.3 is 0 Å². The van der Waals surface area contributed by atoms with Crippen LogP contribution in [0.1, 0.15) is 15.9 Å². The van der Waals surface area contributed by atoms with Gasteiger partial charge < -0.3 is 4.74 Å². The lowest BCUT2D eigenvalue weighted by atomic mass is 10.1. The molecule has 0 spiro atoms. The molecule has 0 heterocycles. The van der Waals surface area contributed by atoms with E-state index >= 15 is 0 Å². The molecule has 0 saturated carbocycles. The average Bonchev–Trinajstić information content (AvgIpc) is 2.59. The number of nitro benzene ring substituents is 1. The van der Waals surface area contributed by atoms with Gasteiger partial charge in [-0.25, -0.2) is 0 Å². The lowest BCUT2D eigenvalue weighted by molar-refractivity contribution is -0.384. The predicted octanol–water partition coefficient (Wildman–Crippen LogP) is 3.31. The van der Waals surface area contributed by atoms with Crippen LogP contribution in [0.15, 0.2) is 40.9 Å². The van der Waals surface area contributed by atoms with Gasteiger partial charge in [-0.3, -0.25) is 31.1 Å². The van der Waals surface area contributed by atoms with Crippen molar-refractivity contribution in [2.75, 3.05) is 12.5 Å². The minimum atomic E-state index is -0.491. The Balaban J connectivity index is 1.99. The van der Waals surface area contributed by atoms with Crippen molar-refractivity contribution >= 4 is 50.5 Å². The minimum absolute atomic E-state index is 0.0245. The molecule has 0 aliphatic carbocycles. The molecule has 0 fully saturated rings. The number of nitrogens with zero attached hydrogens (tertiary/aromatic N) is 1. The number of rotatable bonds is 5. The molecule has 26 heavy (non-hydrogen) atoms. The minimum Gasteiger partial charge on any atom is -0.496 e. The summed E-state index contributed by atoms with van der Waals surface area (Å²) in [6, 6.07) is 9.18. The molecule has 1 amide bonds. The second kappa shape index (κ2) is 8.59. The zero-order valence-electron chi connectivity index (χ0n) is 13.8. The SMILES string of the molecule is COc1c(C)cc(Br)cc1C(=O)NC(=S)NNc1ccc([N+](=O)[O-])cc1. The molecule has 2 rings (SSSR count). The summed E-state index contributed by atoms with van der Waals surface area (Å²) in [5.74, 6) is 0.0195. The van der Waals surface area contributed by atoms with Crippen LogP contribution in [0.25, 0.3) is 0 Å². The van der Waals surface area contributed by atoms with Gasteiger partial charge in [0, 0.05) is 16.6 Å². The van der Waals surface area contributed by atoms with Crippen molar-refractivity contribution in [3.63, 3.8) is 0 Å². The Hall–Kier alpha value is -2.72. The van der Waals surface area contributed by atoms with Crippen molar-refractivity contribution in [2.24, 2.45) is 0 Å². The van der Waals surface area contributed by atoms with Gasteiger partial charge in [0.1, 0.15) is 5.75 Å². The smallest absolute Gasteiger partial charge is 0.269 e. The number of hydrogen-bond acceptors (Lipinski definition) is 6. The van der Waals surface area contributed by atoms with Crippen LogP contribution in [0.2, 0.25) is 0 Å². The third-order valence-corrected chi connectivity index (χ3v) is 3.98. The molecule has 0 aliphatic heterocycles. The fraction of sp³-hybridized carbons (Fsp3) is 0.125. The molecule has 2 aromatic carbocycles. The third kappa shape index (κ3) is 4.90. The highest BCUT2D eigenvalue weighted by Gasteiger charge is 2.16. The van der Waals surface area contributed by atoms with Crippen LogP contribution in [-0.2, 0) is 0 Å². The Bertz CT molecular complexity index is 858. The molecule has 3 N–H and O–H groups in total. The number of methoxy groups -OCH3 is 1. The Morgan fingerprint density at radius 1 is 1.27 bits per heavy atom. The van der Waals surface area contributed by atoms with Crippen LogP contribution in [0.5, 0.6) is 5.75 Å². The van der Waals surface area contributed by atoms with Crippen LogP contribution >= 0.6 is 28.1 Å². The van der Waals surface area contributed by atoms with Crippen molar-refractivity contribution in [1.29, 1.82) is 0 Å². The number of hydrogen-bond donors (Lipinski definition) is 3. The first-order chi connectivity index (χ1) is 12.3. The summed E-state index contributed by atoms with van der Waals surface area (Å²) in [5, 5.41) is 13.2. The zero-order valence-corrected chi connectivity index (χ0v) is 16.2. The maximum Gasteiger partial charge on any atom is 0.269 e. The maximum atomic E-state index is 12.4. The first-order valence-corrected chi connectivity index (χ1v) is 8.48. The number of carbonyl (C=O) groups excluding carboxylic acids is 1. The van der Waals surface area contributed by atoms with Crippen LogP contribution in [0.4, 0.5) is 11.4 Å². The molecule has 8 nitrogen and oxygen atoms in total. The predicted molar refractivity (Wildman–Crippen MR) is 105 cm³/mol. The van der Waals surface area contributed by atoms with Gasteiger partial charge in [0.25, 0.3) is 11.6 Å². The quantitative estimate of drug-likeness (QED) is 0.373. The van der Waals surface area contributed by atoms with Gasteiger partial charge in [-0.15, -0.1) is 0 Å². The molecular weight excluding hydrogens is 424 g/mol. The molecule has 0 bridgehead atoms. The summed E-state index contributed by atoms with van der Waals surface area (Å²) in [5.41, 5.74) is 7.04. The van der Waals surface area contributed by atoms with E-state index in [0.717, 1.165) is 10.0 Å². The van der Waals surface area contributed by atoms with Crippen LogP contribution < -0.4 is 20.9 Å². The van der Waals surface area contributed by atoms with Crippen LogP contribution in [0, 0.1) is 17.0 Å². The molecule has 2 aromatic rings. The zero-order chi connectivity index (χ0) is 19.3. The molecule has 136 valence electrons. The number of thiocarbonyl (C=S) groups is 1. The average molecular weight is 439 g/mol. The lowest BCUT2D eigenvalue weighted by Crippen LogP contribution is -2.42. The molecule has 0 atom stereocenters. The summed E-state index contributed by atoms with van der Waals surface area (Å²) in [4.78, 5) is 22.6. The van der Waals surface area contributed by atoms with Gasteiger partial charge in [0.05, 0.1) is 23.3 Å². The number of hydrazine groups is 1. The summed E-state index contributed by atoms with van der Waals surface area (Å²) >= 11 is 8.42. The van der Waals surface area contributed by atoms with Crippen molar-refractivity contribution in [3.8, 4) is 5.75 Å². The van der Waals surface area contributed by atoms with E-state index in [1.54, 1.807) is 6.07 Å². The van der Waals surface area contributed by atoms with E-state index in [0.29, 0.717) is 17.0 Å². The van der Waals surface area contributed by atoms with Crippen molar-refractivity contribution in [1.82, 2.24) is 10.7 Å². The van der Waals surface area contributed by atoms with Gasteiger partial charge in [-0.2, -0.15) is 0 Å². The summed E-state index contributed by atoms with van der Waals surface area (Å²) in [6.07, 6.45) is 0. The van der Waals surface area contributed by atoms with E-state index in [1.165, 1.54) is 31.4 Å². The van der Waals surface area contributed by atoms with Crippen molar-refractivity contribution in [2.45, 2.75) is 6.92 Å². The number of benzene rings is 2. The number of halogens is 1. The molecule has 10 heteroatoms. The van der Waals surface area contributed by atoms with E-state index in [4.69, 9.17) is 17.0 Å². The fourth-order valence-electron chi connectivity index (χ4n) is 2.17. The Morgan fingerprint density at radius 3 is 2.50 bits per heavy atom. The summed E-state index contributed by atoms with van der Waals surface area (Å²) in [7, 11) is 1.49. The normalized spacial score (nSPS) is 9.96. The molecule has 0 aliphatic rings. The number of anilines is 1. The topological polar surface area (TPSA) is 106 Å². The second-order valence-electron chi connectivity index (χ2n) is 5.14. The van der Waals surface area contributed by atoms with Crippen LogP contribution in [0.3, 0.4) is 0 Å². The largest absolute Gasteiger partial charge is 0.496 e. The number of carbonyl (C=O) groups is 1. The Kier molecular flexibility index (Phi) is 6.47. The van der Waals surface area contributed by atoms with Crippen molar-refractivity contribution < 1.29 is 14.5 Å². The van der Waals surface area contributed by atoms with E-state index in [9.17, 15) is 14.9 Å². The highest BCUT2D eigenvalue weighted by Crippen LogP contribution is 2.27. The highest BCUT2D eigenvalue weighted by atomic mass is 79.9. The first-order valence-electron chi connectivity index (χ1n) is 7.27. The first kappa shape index (κ1) is 19.6. The number of nitrogens with one attached hydrogen (secondary N) is 3. The van der Waals surface area contributed by atoms with Crippen molar-refractivity contribution in [3.05, 3.63) is 62.1 Å². The lowest BCUT2D eigenvalue weighted by Gasteiger charge is -2.14. The van der Waals surface area contributed by atoms with Gasteiger partial charge in [-0.05, 0) is 49.0 Å². The molecule has 0 aromatic heterocycles. The molecule has 0 radical (unpaired) electrons. The van der Waals surface area contributed by atoms with Crippen LogP contribution in [-0.4, -0.2) is 23.1 Å². The Labute approximate surface area is 163 Å². The van der Waals surface area contributed by atoms with E-state index in [2.05, 4.69) is 32.1 Å². The summed E-state index contributed by atoms with van der Waals surface area (Å²) in [6.45, 7) is 1.83. The number of nitro groups is 1. The second-order valence-corrected chi connectivity index (χ2v) is 6.46. The Morgan fingerprint density at radius 2 is 1.92 bits per heavy atom. The fourth-order valence-corrected chi connectivity index (χ4v) is 2.88. The van der Waals surface area contributed by atoms with E-state index in [-0.39, 0.29) is 10.8 Å². The van der Waals surface area contributed by atoms with E-state index in [1.807, 2.05) is 13.0 Å². The monoisotopic (exact) mass is 438 g/mol. The standard InChI is InChI=1S/C16H15BrN4O4S/c1-9-7-10(17)8-13(14(9)25-2)15(22)18-16(26)20-19-11-3-5-12(6-4-11)21(23)24/h3-8,19H,1-2H3,(H2,18,20,22,26). The molecule has 0 saturated heterocycles. The molecular formula is C16H15BrN4O4S. The van der Waals surface area contributed by atoms with Gasteiger partial charge in [-0.1, -0.05) is 15.9 Å². The number of ether oxygens (including phenoxy) is 1. The third-order valence-electron chi connectivity index (χ3n) is 3.31. The van der Waals surface area contributed by atoms with Gasteiger partial charge in [0.2, 0.25) is 0 Å². The highest BCUT2D eigenvalue weighted by molar-refractivity contribution is 9.10. The number of amides is 1. The van der Waals surface area contributed by atoms with E-state index < -0.39 is 10.8 Å². The number of aryl methyl sites for hydroxylation is 1. The maximum absolute atomic E-state index is 12.4.